The fraction of sp³-hybridized carbons (Fsp3) is 0.833. The molecule has 0 spiro atoms. The van der Waals surface area contributed by atoms with Crippen molar-refractivity contribution in [3.63, 3.8) is 0 Å². The van der Waals surface area contributed by atoms with E-state index < -0.39 is 0 Å². The van der Waals surface area contributed by atoms with E-state index in [1.165, 1.54) is 0 Å². The molecule has 3 nitrogen and oxygen atoms in total. The maximum absolute atomic E-state index is 10.7. The molecule has 0 aromatic heterocycles. The van der Waals surface area contributed by atoms with Gasteiger partial charge in [-0.1, -0.05) is 0 Å². The Hall–Kier alpha value is 0.160. The largest absolute Gasteiger partial charge is 0.345 e. The third-order valence-corrected chi connectivity index (χ3v) is 1.76. The molecule has 0 aliphatic carbocycles. The second-order valence-corrected chi connectivity index (χ2v) is 3.92. The molecule has 4 heteroatoms. The molecule has 0 aromatic rings. The molecule has 0 N–H and O–H groups in total. The Bertz CT molecular complexity index is 116. The summed E-state index contributed by atoms with van der Waals surface area (Å²) in [4.78, 5) is 12.4. The second-order valence-electron chi connectivity index (χ2n) is 2.27. The van der Waals surface area contributed by atoms with E-state index in [0.29, 0.717) is 0 Å². The standard InChI is InChI=1S/C6H13IN2O/c1-6(10)8(2)4-5-9(3)7/h4-5H2,1-3H3. The van der Waals surface area contributed by atoms with Crippen molar-refractivity contribution >= 4 is 28.8 Å². The van der Waals surface area contributed by atoms with Gasteiger partial charge >= 0.3 is 0 Å². The molecular weight excluding hydrogens is 243 g/mol. The molecule has 60 valence electrons. The third-order valence-electron chi connectivity index (χ3n) is 1.28. The first kappa shape index (κ1) is 10.2. The number of amides is 1. The summed E-state index contributed by atoms with van der Waals surface area (Å²) in [5.41, 5.74) is 0. The minimum absolute atomic E-state index is 0.123. The number of carbonyl (C=O) groups excluding carboxylic acids is 1. The van der Waals surface area contributed by atoms with Crippen molar-refractivity contribution in [2.24, 2.45) is 0 Å². The van der Waals surface area contributed by atoms with E-state index in [1.54, 1.807) is 11.8 Å². The molecule has 0 heterocycles. The van der Waals surface area contributed by atoms with Crippen molar-refractivity contribution in [3.05, 3.63) is 0 Å². The summed E-state index contributed by atoms with van der Waals surface area (Å²) >= 11 is 2.19. The van der Waals surface area contributed by atoms with Gasteiger partial charge in [0.05, 0.1) is 0 Å². The van der Waals surface area contributed by atoms with E-state index in [0.717, 1.165) is 13.1 Å². The minimum atomic E-state index is 0.123. The van der Waals surface area contributed by atoms with Gasteiger partial charge in [0.25, 0.3) is 0 Å². The van der Waals surface area contributed by atoms with Crippen LogP contribution < -0.4 is 0 Å². The van der Waals surface area contributed by atoms with Crippen molar-refractivity contribution in [3.8, 4) is 0 Å². The fourth-order valence-corrected chi connectivity index (χ4v) is 0.661. The van der Waals surface area contributed by atoms with Crippen LogP contribution in [0.1, 0.15) is 6.92 Å². The lowest BCUT2D eigenvalue weighted by molar-refractivity contribution is -0.127. The molecule has 10 heavy (non-hydrogen) atoms. The van der Waals surface area contributed by atoms with Crippen LogP contribution in [0, 0.1) is 0 Å². The first-order valence-corrected chi connectivity index (χ1v) is 4.09. The van der Waals surface area contributed by atoms with Crippen LogP contribution in [-0.4, -0.2) is 41.1 Å². The van der Waals surface area contributed by atoms with Gasteiger partial charge in [-0.3, -0.25) is 4.79 Å². The number of hydrogen-bond donors (Lipinski definition) is 0. The SMILES string of the molecule is CC(=O)N(C)CCN(C)I. The fourth-order valence-electron chi connectivity index (χ4n) is 0.445. The van der Waals surface area contributed by atoms with E-state index in [1.807, 2.05) is 17.2 Å². The van der Waals surface area contributed by atoms with Crippen LogP contribution in [0.2, 0.25) is 0 Å². The maximum atomic E-state index is 10.7. The number of hydrogen-bond acceptors (Lipinski definition) is 2. The summed E-state index contributed by atoms with van der Waals surface area (Å²) in [6, 6.07) is 0. The summed E-state index contributed by atoms with van der Waals surface area (Å²) in [5.74, 6) is 0.123. The molecule has 0 bridgehead atoms. The van der Waals surface area contributed by atoms with Gasteiger partial charge in [0, 0.05) is 49.9 Å². The van der Waals surface area contributed by atoms with Crippen LogP contribution in [0.25, 0.3) is 0 Å². The predicted octanol–water partition coefficient (Wildman–Crippen LogP) is 0.747. The number of rotatable bonds is 3. The Morgan fingerprint density at radius 3 is 2.20 bits per heavy atom. The van der Waals surface area contributed by atoms with Gasteiger partial charge in [0.2, 0.25) is 5.91 Å². The van der Waals surface area contributed by atoms with Gasteiger partial charge in [-0.15, -0.1) is 0 Å². The number of likely N-dealkylation sites (N-methyl/N-ethyl adjacent to an activating group) is 2. The second kappa shape index (κ2) is 4.90. The van der Waals surface area contributed by atoms with Crippen LogP contribution in [0.15, 0.2) is 0 Å². The Morgan fingerprint density at radius 2 is 1.90 bits per heavy atom. The topological polar surface area (TPSA) is 23.6 Å². The van der Waals surface area contributed by atoms with E-state index in [4.69, 9.17) is 0 Å². The first-order chi connectivity index (χ1) is 4.54. The predicted molar refractivity (Wildman–Crippen MR) is 50.0 cm³/mol. The molecule has 0 atom stereocenters. The highest BCUT2D eigenvalue weighted by atomic mass is 127. The summed E-state index contributed by atoms with van der Waals surface area (Å²) in [5, 5.41) is 0. The van der Waals surface area contributed by atoms with E-state index in [2.05, 4.69) is 22.9 Å². The van der Waals surface area contributed by atoms with Gasteiger partial charge in [-0.2, -0.15) is 0 Å². The van der Waals surface area contributed by atoms with Crippen LogP contribution in [0.4, 0.5) is 0 Å². The maximum Gasteiger partial charge on any atom is 0.219 e. The molecule has 0 rings (SSSR count). The van der Waals surface area contributed by atoms with Crippen molar-refractivity contribution in [2.75, 3.05) is 27.2 Å². The molecule has 0 aromatic carbocycles. The highest BCUT2D eigenvalue weighted by molar-refractivity contribution is 14.1. The van der Waals surface area contributed by atoms with Gasteiger partial charge in [-0.25, -0.2) is 3.11 Å². The molecule has 0 aliphatic heterocycles. The molecule has 0 saturated carbocycles. The van der Waals surface area contributed by atoms with E-state index in [9.17, 15) is 4.79 Å². The number of nitrogens with zero attached hydrogens (tertiary/aromatic N) is 2. The average molecular weight is 256 g/mol. The van der Waals surface area contributed by atoms with Crippen molar-refractivity contribution in [1.82, 2.24) is 8.01 Å². The average Bonchev–Trinajstić information content (AvgIpc) is 1.82. The summed E-state index contributed by atoms with van der Waals surface area (Å²) in [6.07, 6.45) is 0. The minimum Gasteiger partial charge on any atom is -0.345 e. The molecule has 0 aliphatic rings. The summed E-state index contributed by atoms with van der Waals surface area (Å²) < 4.78 is 2.02. The lowest BCUT2D eigenvalue weighted by Gasteiger charge is -2.16. The summed E-state index contributed by atoms with van der Waals surface area (Å²) in [7, 11) is 3.79. The molecule has 1 amide bonds. The molecule has 0 fully saturated rings. The normalized spacial score (nSPS) is 10.1. The molecule has 0 radical (unpaired) electrons. The lowest BCUT2D eigenvalue weighted by Crippen LogP contribution is -2.30. The van der Waals surface area contributed by atoms with Crippen LogP contribution in [-0.2, 0) is 4.79 Å². The van der Waals surface area contributed by atoms with Gasteiger partial charge < -0.3 is 4.90 Å². The Balaban J connectivity index is 3.40. The van der Waals surface area contributed by atoms with Gasteiger partial charge in [0.1, 0.15) is 0 Å². The Labute approximate surface area is 75.9 Å². The lowest BCUT2D eigenvalue weighted by atomic mass is 10.5. The highest BCUT2D eigenvalue weighted by Crippen LogP contribution is 1.92. The Morgan fingerprint density at radius 1 is 1.40 bits per heavy atom. The zero-order valence-corrected chi connectivity index (χ0v) is 8.75. The Kier molecular flexibility index (Phi) is 4.98. The van der Waals surface area contributed by atoms with Crippen molar-refractivity contribution in [2.45, 2.75) is 6.92 Å². The monoisotopic (exact) mass is 256 g/mol. The quantitative estimate of drug-likeness (QED) is 0.549. The number of carbonyl (C=O) groups is 1. The van der Waals surface area contributed by atoms with Gasteiger partial charge in [0.15, 0.2) is 0 Å². The summed E-state index contributed by atoms with van der Waals surface area (Å²) in [6.45, 7) is 3.29. The van der Waals surface area contributed by atoms with Crippen molar-refractivity contribution in [1.29, 1.82) is 0 Å². The first-order valence-electron chi connectivity index (χ1n) is 3.12. The zero-order valence-electron chi connectivity index (χ0n) is 6.59. The van der Waals surface area contributed by atoms with Crippen LogP contribution in [0.5, 0.6) is 0 Å². The van der Waals surface area contributed by atoms with Gasteiger partial charge in [-0.05, 0) is 7.05 Å². The number of halogens is 1. The van der Waals surface area contributed by atoms with E-state index in [-0.39, 0.29) is 5.91 Å². The zero-order chi connectivity index (χ0) is 8.15. The highest BCUT2D eigenvalue weighted by Gasteiger charge is 2.01. The third kappa shape index (κ3) is 4.99. The molecule has 0 unspecified atom stereocenters. The molecule has 0 saturated heterocycles. The van der Waals surface area contributed by atoms with E-state index >= 15 is 0 Å². The smallest absolute Gasteiger partial charge is 0.219 e. The van der Waals surface area contributed by atoms with Crippen LogP contribution in [0.3, 0.4) is 0 Å². The molecular formula is C6H13IN2O. The van der Waals surface area contributed by atoms with Crippen molar-refractivity contribution < 1.29 is 4.79 Å². The van der Waals surface area contributed by atoms with Crippen LogP contribution >= 0.6 is 22.9 Å².